The Kier molecular flexibility index (Phi) is 7.28. The van der Waals surface area contributed by atoms with Gasteiger partial charge in [-0.15, -0.1) is 0 Å². The Morgan fingerprint density at radius 2 is 1.62 bits per heavy atom. The summed E-state index contributed by atoms with van der Waals surface area (Å²) in [4.78, 5) is 30.0. The number of aromatic amines is 1. The number of hydrogen-bond acceptors (Lipinski definition) is 4. The number of fused-ring (bicyclic) bond motifs is 2. The van der Waals surface area contributed by atoms with E-state index in [-0.39, 0.29) is 29.3 Å². The van der Waals surface area contributed by atoms with Crippen molar-refractivity contribution in [1.82, 2.24) is 9.55 Å². The largest absolute Gasteiger partial charge is 0.507 e. The smallest absolute Gasteiger partial charge is 0.306 e. The van der Waals surface area contributed by atoms with Crippen molar-refractivity contribution in [2.45, 2.75) is 46.5 Å². The van der Waals surface area contributed by atoms with Crippen molar-refractivity contribution >= 4 is 27.8 Å². The molecule has 0 amide bonds. The Hall–Kier alpha value is -4.32. The van der Waals surface area contributed by atoms with Gasteiger partial charge in [0.05, 0.1) is 30.0 Å². The van der Waals surface area contributed by atoms with Gasteiger partial charge in [-0.05, 0) is 41.7 Å². The van der Waals surface area contributed by atoms with Crippen LogP contribution in [0.2, 0.25) is 0 Å². The molecule has 0 bridgehead atoms. The van der Waals surface area contributed by atoms with Crippen LogP contribution in [0.4, 0.5) is 0 Å². The number of carbonyl (C=O) groups is 1. The minimum absolute atomic E-state index is 0.0227. The number of hydrogen-bond donors (Lipinski definition) is 2. The second-order valence-corrected chi connectivity index (χ2v) is 11.8. The maximum absolute atomic E-state index is 13.9. The number of pyridine rings is 1. The molecule has 0 radical (unpaired) electrons. The minimum atomic E-state index is -0.573. The number of aromatic hydroxyl groups is 1. The van der Waals surface area contributed by atoms with E-state index in [4.69, 9.17) is 4.74 Å². The first-order chi connectivity index (χ1) is 19.0. The fraction of sp³-hybridized carbons (Fsp3) is 0.294. The van der Waals surface area contributed by atoms with Gasteiger partial charge in [0.1, 0.15) is 5.75 Å². The second kappa shape index (κ2) is 10.7. The molecule has 0 spiro atoms. The Morgan fingerprint density at radius 3 is 2.33 bits per heavy atom. The van der Waals surface area contributed by atoms with Crippen LogP contribution in [0.1, 0.15) is 61.1 Å². The van der Waals surface area contributed by atoms with Crippen LogP contribution in [0.25, 0.3) is 21.8 Å². The minimum Gasteiger partial charge on any atom is -0.507 e. The molecule has 5 rings (SSSR count). The predicted octanol–water partition coefficient (Wildman–Crippen LogP) is 6.74. The summed E-state index contributed by atoms with van der Waals surface area (Å²) in [6.45, 7) is 8.26. The van der Waals surface area contributed by atoms with Crippen molar-refractivity contribution < 1.29 is 14.6 Å². The van der Waals surface area contributed by atoms with E-state index >= 15 is 0 Å². The number of aromatic nitrogens is 2. The lowest BCUT2D eigenvalue weighted by molar-refractivity contribution is -0.145. The highest BCUT2D eigenvalue weighted by Crippen LogP contribution is 2.41. The third-order valence-electron chi connectivity index (χ3n) is 7.44. The zero-order valence-electron chi connectivity index (χ0n) is 23.7. The van der Waals surface area contributed by atoms with Crippen LogP contribution in [-0.4, -0.2) is 27.2 Å². The number of aryl methyl sites for hydroxylation is 2. The predicted molar refractivity (Wildman–Crippen MR) is 160 cm³/mol. The SMILES string of the molecule is Cc1ccc(C(c2[nH]c3ccccc3c2CCOC(=O)CC(C)(C)C)c2c(O)c3ccccc3n(C)c2=O)cc1. The number of rotatable bonds is 7. The molecule has 0 aliphatic carbocycles. The van der Waals surface area contributed by atoms with Gasteiger partial charge >= 0.3 is 5.97 Å². The topological polar surface area (TPSA) is 84.3 Å². The summed E-state index contributed by atoms with van der Waals surface area (Å²) < 4.78 is 7.26. The highest BCUT2D eigenvalue weighted by molar-refractivity contribution is 5.88. The number of carbonyl (C=O) groups excluding carboxylic acids is 1. The van der Waals surface area contributed by atoms with Gasteiger partial charge in [-0.1, -0.05) is 80.9 Å². The molecule has 6 nitrogen and oxygen atoms in total. The monoisotopic (exact) mass is 536 g/mol. The molecule has 0 saturated carbocycles. The normalized spacial score (nSPS) is 12.6. The van der Waals surface area contributed by atoms with Crippen LogP contribution in [0.15, 0.2) is 77.6 Å². The standard InChI is InChI=1S/C34H36N2O4/c1-21-14-16-22(17-15-21)29(30-32(38)25-11-7-9-13-27(25)36(5)33(30)39)31-24(23-10-6-8-12-26(23)35-31)18-19-40-28(37)20-34(2,3)4/h6-17,29,35,38H,18-20H2,1-5H3. The molecule has 0 saturated heterocycles. The second-order valence-electron chi connectivity index (χ2n) is 11.8. The summed E-state index contributed by atoms with van der Waals surface area (Å²) in [5.74, 6) is -0.827. The number of ether oxygens (including phenoxy) is 1. The molecule has 40 heavy (non-hydrogen) atoms. The zero-order chi connectivity index (χ0) is 28.6. The summed E-state index contributed by atoms with van der Waals surface area (Å²) in [5, 5.41) is 13.2. The highest BCUT2D eigenvalue weighted by Gasteiger charge is 2.30. The van der Waals surface area contributed by atoms with Crippen molar-refractivity contribution in [3.8, 4) is 5.75 Å². The van der Waals surface area contributed by atoms with Crippen molar-refractivity contribution in [3.63, 3.8) is 0 Å². The number of H-pyrrole nitrogens is 1. The van der Waals surface area contributed by atoms with E-state index in [1.165, 1.54) is 0 Å². The highest BCUT2D eigenvalue weighted by atomic mass is 16.5. The van der Waals surface area contributed by atoms with Gasteiger partial charge < -0.3 is 19.4 Å². The number of benzene rings is 3. The third-order valence-corrected chi connectivity index (χ3v) is 7.44. The molecule has 0 fully saturated rings. The maximum Gasteiger partial charge on any atom is 0.306 e. The lowest BCUT2D eigenvalue weighted by Crippen LogP contribution is -2.25. The molecular weight excluding hydrogens is 500 g/mol. The first-order valence-electron chi connectivity index (χ1n) is 13.7. The average molecular weight is 537 g/mol. The van der Waals surface area contributed by atoms with Gasteiger partial charge in [-0.25, -0.2) is 0 Å². The van der Waals surface area contributed by atoms with E-state index in [9.17, 15) is 14.7 Å². The molecule has 1 atom stereocenters. The van der Waals surface area contributed by atoms with Gasteiger partial charge in [0, 0.05) is 35.5 Å². The molecule has 0 aliphatic rings. The Labute approximate surface area is 234 Å². The van der Waals surface area contributed by atoms with Gasteiger partial charge in [0.2, 0.25) is 0 Å². The number of nitrogens with one attached hydrogen (secondary N) is 1. The molecule has 3 aromatic carbocycles. The van der Waals surface area contributed by atoms with Crippen LogP contribution in [-0.2, 0) is 23.0 Å². The lowest BCUT2D eigenvalue weighted by Gasteiger charge is -2.22. The van der Waals surface area contributed by atoms with E-state index in [0.29, 0.717) is 29.3 Å². The molecule has 2 heterocycles. The van der Waals surface area contributed by atoms with Crippen molar-refractivity contribution in [1.29, 1.82) is 0 Å². The quantitative estimate of drug-likeness (QED) is 0.226. The van der Waals surface area contributed by atoms with Gasteiger partial charge in [0.15, 0.2) is 0 Å². The van der Waals surface area contributed by atoms with Crippen LogP contribution in [0.3, 0.4) is 0 Å². The molecule has 1 unspecified atom stereocenters. The van der Waals surface area contributed by atoms with Crippen molar-refractivity contribution in [3.05, 3.63) is 111 Å². The van der Waals surface area contributed by atoms with Crippen LogP contribution in [0.5, 0.6) is 5.75 Å². The van der Waals surface area contributed by atoms with E-state index in [1.54, 1.807) is 11.6 Å². The Morgan fingerprint density at radius 1 is 0.975 bits per heavy atom. The summed E-state index contributed by atoms with van der Waals surface area (Å²) in [6, 6.07) is 23.4. The molecule has 5 aromatic rings. The van der Waals surface area contributed by atoms with Gasteiger partial charge in [-0.2, -0.15) is 0 Å². The lowest BCUT2D eigenvalue weighted by atomic mass is 9.85. The zero-order valence-corrected chi connectivity index (χ0v) is 23.7. The summed E-state index contributed by atoms with van der Waals surface area (Å²) in [7, 11) is 1.74. The number of esters is 1. The van der Waals surface area contributed by atoms with Gasteiger partial charge in [0.25, 0.3) is 5.56 Å². The number of para-hydroxylation sites is 2. The van der Waals surface area contributed by atoms with E-state index in [0.717, 1.165) is 33.3 Å². The fourth-order valence-electron chi connectivity index (χ4n) is 5.49. The van der Waals surface area contributed by atoms with Crippen molar-refractivity contribution in [2.24, 2.45) is 12.5 Å². The first kappa shape index (κ1) is 27.3. The van der Waals surface area contributed by atoms with Gasteiger partial charge in [-0.3, -0.25) is 9.59 Å². The van der Waals surface area contributed by atoms with E-state index in [1.807, 2.05) is 100 Å². The summed E-state index contributed by atoms with van der Waals surface area (Å²) >= 11 is 0. The fourth-order valence-corrected chi connectivity index (χ4v) is 5.49. The van der Waals surface area contributed by atoms with E-state index < -0.39 is 5.92 Å². The molecule has 206 valence electrons. The summed E-state index contributed by atoms with van der Waals surface area (Å²) in [5.41, 5.74) is 5.21. The molecule has 0 aliphatic heterocycles. The van der Waals surface area contributed by atoms with Crippen LogP contribution in [0, 0.1) is 12.3 Å². The first-order valence-corrected chi connectivity index (χ1v) is 13.7. The van der Waals surface area contributed by atoms with Crippen molar-refractivity contribution in [2.75, 3.05) is 6.61 Å². The number of nitrogens with zero attached hydrogens (tertiary/aromatic N) is 1. The molecular formula is C34H36N2O4. The average Bonchev–Trinajstić information content (AvgIpc) is 3.27. The molecule has 2 aromatic heterocycles. The maximum atomic E-state index is 13.9. The summed E-state index contributed by atoms with van der Waals surface area (Å²) in [6.07, 6.45) is 0.799. The molecule has 2 N–H and O–H groups in total. The van der Waals surface area contributed by atoms with Crippen LogP contribution >= 0.6 is 0 Å². The Balaban J connectivity index is 1.70. The van der Waals surface area contributed by atoms with E-state index in [2.05, 4.69) is 4.98 Å². The molecule has 6 heteroatoms. The Bertz CT molecular complexity index is 1750. The van der Waals surface area contributed by atoms with Crippen LogP contribution < -0.4 is 5.56 Å². The third kappa shape index (κ3) is 5.26.